The van der Waals surface area contributed by atoms with E-state index in [0.717, 1.165) is 31.6 Å². The second-order valence-corrected chi connectivity index (χ2v) is 7.92. The van der Waals surface area contributed by atoms with Crippen LogP contribution >= 0.6 is 34.8 Å². The number of halogens is 3. The zero-order valence-electron chi connectivity index (χ0n) is 11.7. The van der Waals surface area contributed by atoms with Gasteiger partial charge >= 0.3 is 0 Å². The van der Waals surface area contributed by atoms with E-state index in [0.29, 0.717) is 0 Å². The molecule has 1 aromatic rings. The van der Waals surface area contributed by atoms with E-state index in [2.05, 4.69) is 17.6 Å². The Kier molecular flexibility index (Phi) is 5.83. The van der Waals surface area contributed by atoms with Crippen molar-refractivity contribution in [2.24, 2.45) is 5.92 Å². The average molecular weight is 354 g/mol. The summed E-state index contributed by atoms with van der Waals surface area (Å²) in [6, 6.07) is 3.43. The van der Waals surface area contributed by atoms with Crippen molar-refractivity contribution in [3.8, 4) is 0 Å². The van der Waals surface area contributed by atoms with Crippen LogP contribution in [0.15, 0.2) is 22.8 Å². The first-order chi connectivity index (χ1) is 9.86. The molecule has 2 rings (SSSR count). The molecule has 1 fully saturated rings. The van der Waals surface area contributed by atoms with Crippen LogP contribution in [0.2, 0.25) is 0 Å². The van der Waals surface area contributed by atoms with E-state index in [-0.39, 0.29) is 11.8 Å². The molecule has 1 saturated carbocycles. The molecule has 0 spiro atoms. The molecule has 1 amide bonds. The first kappa shape index (κ1) is 16.9. The smallest absolute Gasteiger partial charge is 0.288 e. The number of hydrogen-bond donors (Lipinski definition) is 2. The maximum atomic E-state index is 12.0. The topological polar surface area (TPSA) is 54.3 Å². The fraction of sp³-hybridized carbons (Fsp3) is 0.643. The number of nitrogens with one attached hydrogen (secondary N) is 2. The molecule has 1 aliphatic rings. The molecule has 0 bridgehead atoms. The Morgan fingerprint density at radius 1 is 1.33 bits per heavy atom. The largest absolute Gasteiger partial charge is 0.459 e. The van der Waals surface area contributed by atoms with Gasteiger partial charge in [-0.1, -0.05) is 41.7 Å². The first-order valence-corrected chi connectivity index (χ1v) is 8.17. The lowest BCUT2D eigenvalue weighted by Crippen LogP contribution is -2.56. The highest BCUT2D eigenvalue weighted by atomic mass is 35.6. The third-order valence-electron chi connectivity index (χ3n) is 3.77. The van der Waals surface area contributed by atoms with Crippen LogP contribution in [0.3, 0.4) is 0 Å². The lowest BCUT2D eigenvalue weighted by Gasteiger charge is -2.34. The molecule has 1 aromatic heterocycles. The van der Waals surface area contributed by atoms with Crippen molar-refractivity contribution >= 4 is 40.7 Å². The molecule has 1 heterocycles. The number of furan rings is 1. The van der Waals surface area contributed by atoms with Crippen LogP contribution in [0, 0.1) is 5.92 Å². The van der Waals surface area contributed by atoms with Crippen molar-refractivity contribution in [2.45, 2.75) is 48.6 Å². The number of amides is 1. The Labute approximate surface area is 139 Å². The Balaban J connectivity index is 1.97. The third kappa shape index (κ3) is 5.06. The van der Waals surface area contributed by atoms with E-state index in [1.54, 1.807) is 12.1 Å². The Bertz CT molecular complexity index is 451. The zero-order chi connectivity index (χ0) is 15.5. The normalized spacial score (nSPS) is 24.6. The average Bonchev–Trinajstić information content (AvgIpc) is 2.93. The highest BCUT2D eigenvalue weighted by Gasteiger charge is 2.36. The molecule has 0 aromatic carbocycles. The minimum Gasteiger partial charge on any atom is -0.459 e. The summed E-state index contributed by atoms with van der Waals surface area (Å²) >= 11 is 17.9. The molecule has 1 aliphatic carbocycles. The van der Waals surface area contributed by atoms with Crippen molar-refractivity contribution < 1.29 is 9.21 Å². The van der Waals surface area contributed by atoms with Crippen LogP contribution in [0.4, 0.5) is 0 Å². The summed E-state index contributed by atoms with van der Waals surface area (Å²) in [7, 11) is 0. The summed E-state index contributed by atoms with van der Waals surface area (Å²) in [5.41, 5.74) is 0. The highest BCUT2D eigenvalue weighted by molar-refractivity contribution is 6.68. The first-order valence-electron chi connectivity index (χ1n) is 7.03. The summed E-state index contributed by atoms with van der Waals surface area (Å²) in [6.07, 6.45) is 4.95. The van der Waals surface area contributed by atoms with Gasteiger partial charge in [-0.15, -0.1) is 0 Å². The summed E-state index contributed by atoms with van der Waals surface area (Å²) in [4.78, 5) is 12.0. The van der Waals surface area contributed by atoms with Gasteiger partial charge < -0.3 is 9.73 Å². The number of carbonyl (C=O) groups is 1. The summed E-state index contributed by atoms with van der Waals surface area (Å²) in [6.45, 7) is 2.24. The third-order valence-corrected chi connectivity index (χ3v) is 4.42. The minimum absolute atomic E-state index is 0.188. The van der Waals surface area contributed by atoms with Crippen LogP contribution in [-0.2, 0) is 0 Å². The lowest BCUT2D eigenvalue weighted by molar-refractivity contribution is 0.0895. The molecule has 4 nitrogen and oxygen atoms in total. The van der Waals surface area contributed by atoms with E-state index in [4.69, 9.17) is 39.2 Å². The van der Waals surface area contributed by atoms with E-state index < -0.39 is 15.9 Å². The van der Waals surface area contributed by atoms with Crippen molar-refractivity contribution in [3.63, 3.8) is 0 Å². The van der Waals surface area contributed by atoms with E-state index in [9.17, 15) is 4.79 Å². The fourth-order valence-corrected chi connectivity index (χ4v) is 2.84. The number of carbonyl (C=O) groups excluding carboxylic acids is 1. The van der Waals surface area contributed by atoms with Gasteiger partial charge in [0.1, 0.15) is 6.17 Å². The maximum Gasteiger partial charge on any atom is 0.288 e. The van der Waals surface area contributed by atoms with Gasteiger partial charge in [0.15, 0.2) is 5.76 Å². The predicted molar refractivity (Wildman–Crippen MR) is 84.8 cm³/mol. The van der Waals surface area contributed by atoms with Crippen molar-refractivity contribution in [2.75, 3.05) is 0 Å². The summed E-state index contributed by atoms with van der Waals surface area (Å²) < 4.78 is 3.41. The van der Waals surface area contributed by atoms with Crippen LogP contribution in [0.5, 0.6) is 0 Å². The maximum absolute atomic E-state index is 12.0. The van der Waals surface area contributed by atoms with Crippen LogP contribution < -0.4 is 10.6 Å². The second kappa shape index (κ2) is 7.23. The van der Waals surface area contributed by atoms with Crippen LogP contribution in [-0.4, -0.2) is 21.9 Å². The number of hydrogen-bond acceptors (Lipinski definition) is 3. The Hall–Kier alpha value is -0.420. The molecule has 0 radical (unpaired) electrons. The van der Waals surface area contributed by atoms with Crippen LogP contribution in [0.25, 0.3) is 0 Å². The van der Waals surface area contributed by atoms with Crippen LogP contribution in [0.1, 0.15) is 43.2 Å². The highest BCUT2D eigenvalue weighted by Crippen LogP contribution is 2.31. The SMILES string of the molecule is CC1CCC(NC(NC(=O)c2ccco2)C(Cl)(Cl)Cl)CC1. The molecule has 0 saturated heterocycles. The van der Waals surface area contributed by atoms with Gasteiger partial charge in [-0.2, -0.15) is 0 Å². The number of alkyl halides is 3. The predicted octanol–water partition coefficient (Wildman–Crippen LogP) is 3.87. The molecule has 1 unspecified atom stereocenters. The van der Waals surface area contributed by atoms with Gasteiger partial charge in [-0.3, -0.25) is 10.1 Å². The Morgan fingerprint density at radius 3 is 2.52 bits per heavy atom. The van der Waals surface area contributed by atoms with Gasteiger partial charge in [0.25, 0.3) is 5.91 Å². The van der Waals surface area contributed by atoms with Gasteiger partial charge in [-0.05, 0) is 43.7 Å². The molecule has 118 valence electrons. The van der Waals surface area contributed by atoms with Gasteiger partial charge in [0, 0.05) is 6.04 Å². The van der Waals surface area contributed by atoms with Crippen molar-refractivity contribution in [3.05, 3.63) is 24.2 Å². The van der Waals surface area contributed by atoms with E-state index in [1.165, 1.54) is 6.26 Å². The summed E-state index contributed by atoms with van der Waals surface area (Å²) in [5, 5.41) is 5.92. The Morgan fingerprint density at radius 2 is 2.00 bits per heavy atom. The molecule has 7 heteroatoms. The van der Waals surface area contributed by atoms with Gasteiger partial charge in [0.2, 0.25) is 3.79 Å². The molecule has 21 heavy (non-hydrogen) atoms. The zero-order valence-corrected chi connectivity index (χ0v) is 14.0. The second-order valence-electron chi connectivity index (χ2n) is 5.55. The lowest BCUT2D eigenvalue weighted by atomic mass is 9.87. The van der Waals surface area contributed by atoms with Crippen molar-refractivity contribution in [1.29, 1.82) is 0 Å². The molecule has 2 N–H and O–H groups in total. The van der Waals surface area contributed by atoms with E-state index >= 15 is 0 Å². The van der Waals surface area contributed by atoms with Crippen molar-refractivity contribution in [1.82, 2.24) is 10.6 Å². The monoisotopic (exact) mass is 352 g/mol. The van der Waals surface area contributed by atoms with E-state index in [1.807, 2.05) is 0 Å². The quantitative estimate of drug-likeness (QED) is 0.638. The minimum atomic E-state index is -1.63. The summed E-state index contributed by atoms with van der Waals surface area (Å²) in [5.74, 6) is 0.508. The molecular formula is C14H19Cl3N2O2. The number of rotatable bonds is 4. The van der Waals surface area contributed by atoms with Gasteiger partial charge in [-0.25, -0.2) is 0 Å². The molecule has 0 aliphatic heterocycles. The van der Waals surface area contributed by atoms with Gasteiger partial charge in [0.05, 0.1) is 6.26 Å². The molecular weight excluding hydrogens is 335 g/mol. The molecule has 1 atom stereocenters. The standard InChI is InChI=1S/C14H19Cl3N2O2/c1-9-4-6-10(7-5-9)18-13(14(15,16)17)19-12(20)11-3-2-8-21-11/h2-3,8-10,13,18H,4-7H2,1H3,(H,19,20). The fourth-order valence-electron chi connectivity index (χ4n) is 2.49.